The molecule has 0 fully saturated rings. The minimum Gasteiger partial charge on any atom is -0.469 e. The maximum atomic E-state index is 13.2. The van der Waals surface area contributed by atoms with Crippen molar-refractivity contribution in [2.75, 3.05) is 7.11 Å². The Kier molecular flexibility index (Phi) is 4.35. The van der Waals surface area contributed by atoms with Crippen molar-refractivity contribution in [1.29, 1.82) is 5.26 Å². The van der Waals surface area contributed by atoms with Crippen molar-refractivity contribution in [3.05, 3.63) is 35.1 Å². The maximum Gasteiger partial charge on any atom is 0.305 e. The van der Waals surface area contributed by atoms with Crippen molar-refractivity contribution in [1.82, 2.24) is 0 Å². The smallest absolute Gasteiger partial charge is 0.305 e. The number of halogens is 1. The second-order valence-electron chi connectivity index (χ2n) is 3.31. The van der Waals surface area contributed by atoms with Gasteiger partial charge in [-0.25, -0.2) is 4.39 Å². The third-order valence-electron chi connectivity index (χ3n) is 2.20. The standard InChI is InChI=1S/C12H10FNO3/c1-17-12(16)5-4-11(15)8-2-3-9(7-14)10(13)6-8/h2-3,6H,4-5H2,1H3. The Labute approximate surface area is 97.6 Å². The number of rotatable bonds is 4. The van der Waals surface area contributed by atoms with Crippen molar-refractivity contribution in [2.24, 2.45) is 0 Å². The first-order chi connectivity index (χ1) is 8.08. The highest BCUT2D eigenvalue weighted by atomic mass is 19.1. The minimum absolute atomic E-state index is 0.0436. The van der Waals surface area contributed by atoms with Crippen molar-refractivity contribution < 1.29 is 18.7 Å². The van der Waals surface area contributed by atoms with Gasteiger partial charge in [0.1, 0.15) is 11.9 Å². The van der Waals surface area contributed by atoms with Crippen LogP contribution in [0.25, 0.3) is 0 Å². The SMILES string of the molecule is COC(=O)CCC(=O)c1ccc(C#N)c(F)c1. The highest BCUT2D eigenvalue weighted by Gasteiger charge is 2.11. The Bertz CT molecular complexity index is 491. The lowest BCUT2D eigenvalue weighted by Crippen LogP contribution is -2.06. The molecule has 0 unspecified atom stereocenters. The summed E-state index contributed by atoms with van der Waals surface area (Å²) in [4.78, 5) is 22.4. The Morgan fingerprint density at radius 2 is 2.12 bits per heavy atom. The number of ether oxygens (including phenoxy) is 1. The lowest BCUT2D eigenvalue weighted by Gasteiger charge is -2.01. The van der Waals surface area contributed by atoms with E-state index in [9.17, 15) is 14.0 Å². The number of carbonyl (C=O) groups is 2. The zero-order valence-corrected chi connectivity index (χ0v) is 9.20. The summed E-state index contributed by atoms with van der Waals surface area (Å²) in [7, 11) is 1.23. The van der Waals surface area contributed by atoms with Crippen LogP contribution in [0.3, 0.4) is 0 Å². The summed E-state index contributed by atoms with van der Waals surface area (Å²) in [6.45, 7) is 0. The van der Waals surface area contributed by atoms with Gasteiger partial charge in [-0.3, -0.25) is 9.59 Å². The number of nitrogens with zero attached hydrogens (tertiary/aromatic N) is 1. The second-order valence-corrected chi connectivity index (χ2v) is 3.31. The van der Waals surface area contributed by atoms with Gasteiger partial charge in [-0.05, 0) is 18.2 Å². The Morgan fingerprint density at radius 3 is 2.65 bits per heavy atom. The van der Waals surface area contributed by atoms with E-state index in [2.05, 4.69) is 4.74 Å². The fraction of sp³-hybridized carbons (Fsp3) is 0.250. The van der Waals surface area contributed by atoms with Crippen LogP contribution in [0.15, 0.2) is 18.2 Å². The fourth-order valence-corrected chi connectivity index (χ4v) is 1.24. The lowest BCUT2D eigenvalue weighted by atomic mass is 10.0. The van der Waals surface area contributed by atoms with E-state index in [1.807, 2.05) is 0 Å². The Balaban J connectivity index is 2.74. The van der Waals surface area contributed by atoms with Crippen LogP contribution in [0.4, 0.5) is 4.39 Å². The fourth-order valence-electron chi connectivity index (χ4n) is 1.24. The topological polar surface area (TPSA) is 67.2 Å². The molecule has 0 N–H and O–H groups in total. The van der Waals surface area contributed by atoms with Gasteiger partial charge in [0.25, 0.3) is 0 Å². The number of ketones is 1. The van der Waals surface area contributed by atoms with Crippen molar-refractivity contribution in [3.8, 4) is 6.07 Å². The van der Waals surface area contributed by atoms with Gasteiger partial charge < -0.3 is 4.74 Å². The van der Waals surface area contributed by atoms with Crippen LogP contribution in [0.5, 0.6) is 0 Å². The molecule has 1 aromatic carbocycles. The highest BCUT2D eigenvalue weighted by molar-refractivity contribution is 5.97. The second kappa shape index (κ2) is 5.75. The Morgan fingerprint density at radius 1 is 1.41 bits per heavy atom. The molecule has 5 heteroatoms. The predicted molar refractivity (Wildman–Crippen MR) is 56.7 cm³/mol. The summed E-state index contributed by atoms with van der Waals surface area (Å²) < 4.78 is 17.6. The van der Waals surface area contributed by atoms with E-state index in [-0.39, 0.29) is 29.8 Å². The van der Waals surface area contributed by atoms with Crippen molar-refractivity contribution >= 4 is 11.8 Å². The van der Waals surface area contributed by atoms with Crippen LogP contribution in [0, 0.1) is 17.1 Å². The molecule has 17 heavy (non-hydrogen) atoms. The number of methoxy groups -OCH3 is 1. The van der Waals surface area contributed by atoms with Gasteiger partial charge in [-0.15, -0.1) is 0 Å². The van der Waals surface area contributed by atoms with E-state index in [0.717, 1.165) is 6.07 Å². The molecule has 0 aromatic heterocycles. The largest absolute Gasteiger partial charge is 0.469 e. The molecule has 4 nitrogen and oxygen atoms in total. The molecule has 0 aliphatic carbocycles. The summed E-state index contributed by atoms with van der Waals surface area (Å²) in [6.07, 6.45) is -0.0883. The number of hydrogen-bond acceptors (Lipinski definition) is 4. The normalized spacial score (nSPS) is 9.47. The van der Waals surface area contributed by atoms with E-state index in [1.54, 1.807) is 6.07 Å². The molecule has 0 aliphatic heterocycles. The first-order valence-electron chi connectivity index (χ1n) is 4.88. The van der Waals surface area contributed by atoms with Crippen LogP contribution < -0.4 is 0 Å². The molecule has 0 amide bonds. The molecule has 0 aliphatic rings. The van der Waals surface area contributed by atoms with Gasteiger partial charge in [0.2, 0.25) is 0 Å². The maximum absolute atomic E-state index is 13.2. The van der Waals surface area contributed by atoms with Crippen LogP contribution in [0.2, 0.25) is 0 Å². The van der Waals surface area contributed by atoms with Crippen molar-refractivity contribution in [3.63, 3.8) is 0 Å². The third kappa shape index (κ3) is 3.38. The molecule has 0 saturated carbocycles. The summed E-state index contributed by atoms with van der Waals surface area (Å²) in [6, 6.07) is 5.26. The molecule has 0 saturated heterocycles. The lowest BCUT2D eigenvalue weighted by molar-refractivity contribution is -0.140. The van der Waals surface area contributed by atoms with E-state index in [4.69, 9.17) is 5.26 Å². The van der Waals surface area contributed by atoms with E-state index < -0.39 is 11.8 Å². The monoisotopic (exact) mass is 235 g/mol. The zero-order chi connectivity index (χ0) is 12.8. The van der Waals surface area contributed by atoms with Gasteiger partial charge in [-0.1, -0.05) is 0 Å². The van der Waals surface area contributed by atoms with Crippen molar-refractivity contribution in [2.45, 2.75) is 12.8 Å². The first kappa shape index (κ1) is 12.8. The molecule has 88 valence electrons. The summed E-state index contributed by atoms with van der Waals surface area (Å²) >= 11 is 0. The molecule has 0 bridgehead atoms. The van der Waals surface area contributed by atoms with Gasteiger partial charge >= 0.3 is 5.97 Å². The molecule has 1 aromatic rings. The molecular formula is C12H10FNO3. The molecule has 1 rings (SSSR count). The van der Waals surface area contributed by atoms with E-state index in [1.165, 1.54) is 19.2 Å². The number of carbonyl (C=O) groups excluding carboxylic acids is 2. The summed E-state index contributed by atoms with van der Waals surface area (Å²) in [5.74, 6) is -1.59. The van der Waals surface area contributed by atoms with E-state index in [0.29, 0.717) is 0 Å². The number of nitriles is 1. The van der Waals surface area contributed by atoms with Crippen LogP contribution >= 0.6 is 0 Å². The first-order valence-corrected chi connectivity index (χ1v) is 4.88. The van der Waals surface area contributed by atoms with Gasteiger partial charge in [0, 0.05) is 12.0 Å². The zero-order valence-electron chi connectivity index (χ0n) is 9.20. The average Bonchev–Trinajstić information content (AvgIpc) is 2.35. The number of Topliss-reactive ketones (excluding diaryl/α,β-unsaturated/α-hetero) is 1. The quantitative estimate of drug-likeness (QED) is 0.589. The van der Waals surface area contributed by atoms with E-state index >= 15 is 0 Å². The number of benzene rings is 1. The van der Waals surface area contributed by atoms with Crippen LogP contribution in [-0.4, -0.2) is 18.9 Å². The van der Waals surface area contributed by atoms with Gasteiger partial charge in [0.15, 0.2) is 5.78 Å². The third-order valence-corrected chi connectivity index (χ3v) is 2.20. The Hall–Kier alpha value is -2.22. The number of esters is 1. The van der Waals surface area contributed by atoms with Crippen LogP contribution in [0.1, 0.15) is 28.8 Å². The van der Waals surface area contributed by atoms with Gasteiger partial charge in [0.05, 0.1) is 19.1 Å². The summed E-state index contributed by atoms with van der Waals surface area (Å²) in [5, 5.41) is 8.52. The predicted octanol–water partition coefficient (Wildman–Crippen LogP) is 1.83. The summed E-state index contributed by atoms with van der Waals surface area (Å²) in [5.41, 5.74) is 0.0277. The number of hydrogen-bond donors (Lipinski definition) is 0. The molecule has 0 spiro atoms. The van der Waals surface area contributed by atoms with Crippen LogP contribution in [-0.2, 0) is 9.53 Å². The average molecular weight is 235 g/mol. The molecule has 0 atom stereocenters. The highest BCUT2D eigenvalue weighted by Crippen LogP contribution is 2.12. The molecule has 0 heterocycles. The molecular weight excluding hydrogens is 225 g/mol. The molecule has 0 radical (unpaired) electrons. The minimum atomic E-state index is -0.739. The van der Waals surface area contributed by atoms with Gasteiger partial charge in [-0.2, -0.15) is 5.26 Å².